The number of carboxylic acids is 1. The van der Waals surface area contributed by atoms with E-state index in [9.17, 15) is 9.90 Å². The van der Waals surface area contributed by atoms with E-state index in [4.69, 9.17) is 14.2 Å². The van der Waals surface area contributed by atoms with Gasteiger partial charge in [-0.3, -0.25) is 4.79 Å². The third kappa shape index (κ3) is 7.18. The Morgan fingerprint density at radius 1 is 1.03 bits per heavy atom. The molecule has 0 aliphatic heterocycles. The smallest absolute Gasteiger partial charge is 0.303 e. The zero-order valence-electron chi connectivity index (χ0n) is 23.5. The Balaban J connectivity index is 1.65. The SMILES string of the molecule is CCO[C@@H](c1cc(COc2cccc([C@H](CC(=O)O)C3CC3)c2)ccc1-c1cc(OC)ccc1F)C(C)(C)C. The van der Waals surface area contributed by atoms with E-state index in [1.807, 2.05) is 49.4 Å². The van der Waals surface area contributed by atoms with Gasteiger partial charge in [-0.1, -0.05) is 45.0 Å². The fourth-order valence-corrected chi connectivity index (χ4v) is 5.22. The Bertz CT molecular complexity index is 1290. The molecule has 1 N–H and O–H groups in total. The first-order valence-electron chi connectivity index (χ1n) is 13.6. The van der Waals surface area contributed by atoms with E-state index >= 15 is 4.39 Å². The average molecular weight is 535 g/mol. The summed E-state index contributed by atoms with van der Waals surface area (Å²) in [5.41, 5.74) is 3.80. The molecule has 1 aliphatic carbocycles. The Labute approximate surface area is 230 Å². The van der Waals surface area contributed by atoms with Gasteiger partial charge in [-0.25, -0.2) is 4.39 Å². The summed E-state index contributed by atoms with van der Waals surface area (Å²) in [5.74, 6) is 0.616. The van der Waals surface area contributed by atoms with Crippen LogP contribution in [0.25, 0.3) is 11.1 Å². The lowest BCUT2D eigenvalue weighted by molar-refractivity contribution is -0.137. The molecule has 0 unspecified atom stereocenters. The summed E-state index contributed by atoms with van der Waals surface area (Å²) < 4.78 is 32.9. The van der Waals surface area contributed by atoms with E-state index in [0.717, 1.165) is 35.1 Å². The predicted octanol–water partition coefficient (Wildman–Crippen LogP) is 8.17. The largest absolute Gasteiger partial charge is 0.497 e. The highest BCUT2D eigenvalue weighted by atomic mass is 19.1. The van der Waals surface area contributed by atoms with Crippen LogP contribution in [0.15, 0.2) is 60.7 Å². The minimum atomic E-state index is -0.777. The van der Waals surface area contributed by atoms with Crippen LogP contribution in [0.2, 0.25) is 0 Å². The van der Waals surface area contributed by atoms with Crippen molar-refractivity contribution in [2.24, 2.45) is 11.3 Å². The maximum absolute atomic E-state index is 15.1. The fourth-order valence-electron chi connectivity index (χ4n) is 5.22. The first kappa shape index (κ1) is 28.6. The van der Waals surface area contributed by atoms with Crippen molar-refractivity contribution in [3.05, 3.63) is 83.2 Å². The highest BCUT2D eigenvalue weighted by molar-refractivity contribution is 5.71. The van der Waals surface area contributed by atoms with E-state index < -0.39 is 5.97 Å². The number of carboxylic acid groups (broad SMARTS) is 1. The first-order valence-corrected chi connectivity index (χ1v) is 13.6. The van der Waals surface area contributed by atoms with Crippen LogP contribution in [0.1, 0.15) is 75.7 Å². The molecule has 39 heavy (non-hydrogen) atoms. The molecule has 208 valence electrons. The zero-order chi connectivity index (χ0) is 28.2. The van der Waals surface area contributed by atoms with Crippen molar-refractivity contribution < 1.29 is 28.5 Å². The van der Waals surface area contributed by atoms with Crippen molar-refractivity contribution in [2.45, 2.75) is 65.6 Å². The van der Waals surface area contributed by atoms with E-state index in [0.29, 0.717) is 36.2 Å². The van der Waals surface area contributed by atoms with Crippen molar-refractivity contribution in [1.82, 2.24) is 0 Å². The highest BCUT2D eigenvalue weighted by Gasteiger charge is 2.34. The molecule has 0 bridgehead atoms. The van der Waals surface area contributed by atoms with Crippen LogP contribution >= 0.6 is 0 Å². The lowest BCUT2D eigenvalue weighted by Gasteiger charge is -2.33. The van der Waals surface area contributed by atoms with E-state index in [1.54, 1.807) is 19.2 Å². The van der Waals surface area contributed by atoms with E-state index in [2.05, 4.69) is 20.8 Å². The molecule has 6 heteroatoms. The molecule has 1 aliphatic rings. The molecule has 0 saturated heterocycles. The van der Waals surface area contributed by atoms with Crippen molar-refractivity contribution in [2.75, 3.05) is 13.7 Å². The molecule has 0 heterocycles. The molecule has 2 atom stereocenters. The Morgan fingerprint density at radius 2 is 1.79 bits per heavy atom. The molecule has 1 saturated carbocycles. The number of aliphatic carboxylic acids is 1. The Kier molecular flexibility index (Phi) is 8.96. The second-order valence-corrected chi connectivity index (χ2v) is 11.4. The maximum Gasteiger partial charge on any atom is 0.303 e. The van der Waals surface area contributed by atoms with Gasteiger partial charge in [0.05, 0.1) is 19.6 Å². The molecule has 4 rings (SSSR count). The molecule has 0 spiro atoms. The number of hydrogen-bond donors (Lipinski definition) is 1. The van der Waals surface area contributed by atoms with Gasteiger partial charge in [-0.15, -0.1) is 0 Å². The van der Waals surface area contributed by atoms with Crippen LogP contribution in [0, 0.1) is 17.2 Å². The third-order valence-electron chi connectivity index (χ3n) is 7.26. The van der Waals surface area contributed by atoms with Crippen molar-refractivity contribution in [1.29, 1.82) is 0 Å². The summed E-state index contributed by atoms with van der Waals surface area (Å²) in [6.07, 6.45) is 1.99. The van der Waals surface area contributed by atoms with Gasteiger partial charge in [0.1, 0.15) is 23.9 Å². The molecular weight excluding hydrogens is 495 g/mol. The van der Waals surface area contributed by atoms with Crippen LogP contribution in [0.4, 0.5) is 4.39 Å². The summed E-state index contributed by atoms with van der Waals surface area (Å²) >= 11 is 0. The third-order valence-corrected chi connectivity index (χ3v) is 7.26. The summed E-state index contributed by atoms with van der Waals surface area (Å²) in [5, 5.41) is 9.39. The number of rotatable bonds is 12. The molecule has 3 aromatic carbocycles. The van der Waals surface area contributed by atoms with Crippen molar-refractivity contribution in [3.8, 4) is 22.6 Å². The molecule has 1 fully saturated rings. The van der Waals surface area contributed by atoms with Gasteiger partial charge in [0.25, 0.3) is 0 Å². The van der Waals surface area contributed by atoms with E-state index in [-0.39, 0.29) is 29.7 Å². The van der Waals surface area contributed by atoms with Crippen LogP contribution in [-0.2, 0) is 16.1 Å². The van der Waals surface area contributed by atoms with Crippen LogP contribution in [-0.4, -0.2) is 24.8 Å². The molecular formula is C33H39FO5. The lowest BCUT2D eigenvalue weighted by Crippen LogP contribution is -2.22. The summed E-state index contributed by atoms with van der Waals surface area (Å²) in [6.45, 7) is 9.13. The number of methoxy groups -OCH3 is 1. The quantitative estimate of drug-likeness (QED) is 0.254. The Morgan fingerprint density at radius 3 is 2.44 bits per heavy atom. The van der Waals surface area contributed by atoms with Crippen LogP contribution < -0.4 is 9.47 Å². The molecule has 3 aromatic rings. The minimum Gasteiger partial charge on any atom is -0.497 e. The van der Waals surface area contributed by atoms with Gasteiger partial charge in [-0.2, -0.15) is 0 Å². The number of benzene rings is 3. The topological polar surface area (TPSA) is 65.0 Å². The van der Waals surface area contributed by atoms with Crippen LogP contribution in [0.5, 0.6) is 11.5 Å². The number of ether oxygens (including phenoxy) is 3. The lowest BCUT2D eigenvalue weighted by atomic mass is 9.81. The molecule has 0 aromatic heterocycles. The van der Waals surface area contributed by atoms with E-state index in [1.165, 1.54) is 6.07 Å². The van der Waals surface area contributed by atoms with Gasteiger partial charge in [0.2, 0.25) is 0 Å². The average Bonchev–Trinajstić information content (AvgIpc) is 3.74. The van der Waals surface area contributed by atoms with Crippen LogP contribution in [0.3, 0.4) is 0 Å². The Hall–Kier alpha value is -3.38. The summed E-state index contributed by atoms with van der Waals surface area (Å²) in [6, 6.07) is 18.4. The number of carbonyl (C=O) groups is 1. The molecule has 0 radical (unpaired) electrons. The standard InChI is InChI=1S/C33H39FO5/c1-6-38-32(33(2,3)4)29-16-21(10-14-26(29)28-18-24(37-5)13-15-30(28)34)20-39-25-9-7-8-23(17-25)27(19-31(35)36)22-11-12-22/h7-10,13-18,22,27,32H,6,11-12,19-20H2,1-5H3,(H,35,36)/t27-,32+/m1/s1. The molecule has 0 amide bonds. The number of hydrogen-bond acceptors (Lipinski definition) is 4. The first-order chi connectivity index (χ1) is 18.6. The molecule has 5 nitrogen and oxygen atoms in total. The monoisotopic (exact) mass is 534 g/mol. The fraction of sp³-hybridized carbons (Fsp3) is 0.424. The second-order valence-electron chi connectivity index (χ2n) is 11.4. The van der Waals surface area contributed by atoms with Crippen molar-refractivity contribution in [3.63, 3.8) is 0 Å². The van der Waals surface area contributed by atoms with Gasteiger partial charge in [0, 0.05) is 12.2 Å². The maximum atomic E-state index is 15.1. The predicted molar refractivity (Wildman–Crippen MR) is 151 cm³/mol. The summed E-state index contributed by atoms with van der Waals surface area (Å²) in [4.78, 5) is 11.4. The van der Waals surface area contributed by atoms with Gasteiger partial charge in [0.15, 0.2) is 0 Å². The second kappa shape index (κ2) is 12.2. The van der Waals surface area contributed by atoms with Gasteiger partial charge >= 0.3 is 5.97 Å². The van der Waals surface area contributed by atoms with Crippen molar-refractivity contribution >= 4 is 5.97 Å². The minimum absolute atomic E-state index is 0.00781. The zero-order valence-corrected chi connectivity index (χ0v) is 23.5. The normalized spacial score (nSPS) is 15.0. The number of halogens is 1. The van der Waals surface area contributed by atoms with Gasteiger partial charge < -0.3 is 19.3 Å². The summed E-state index contributed by atoms with van der Waals surface area (Å²) in [7, 11) is 1.57. The van der Waals surface area contributed by atoms with Gasteiger partial charge in [-0.05, 0) is 95.7 Å². The highest BCUT2D eigenvalue weighted by Crippen LogP contribution is 2.45.